The van der Waals surface area contributed by atoms with E-state index in [9.17, 15) is 23.2 Å². The summed E-state index contributed by atoms with van der Waals surface area (Å²) in [7, 11) is 0. The lowest BCUT2D eigenvalue weighted by atomic mass is 9.88. The van der Waals surface area contributed by atoms with Crippen molar-refractivity contribution in [3.05, 3.63) is 139 Å². The van der Waals surface area contributed by atoms with Crippen LogP contribution in [0.2, 0.25) is 0 Å². The number of carbonyl (C=O) groups excluding carboxylic acids is 3. The number of fused-ring (bicyclic) bond motifs is 1. The van der Waals surface area contributed by atoms with Gasteiger partial charge in [-0.1, -0.05) is 88.2 Å². The molecule has 0 bridgehead atoms. The molecule has 0 fully saturated rings. The van der Waals surface area contributed by atoms with E-state index in [-0.39, 0.29) is 58.1 Å². The Hall–Kier alpha value is -4.87. The van der Waals surface area contributed by atoms with E-state index in [1.54, 1.807) is 0 Å². The molecule has 0 unspecified atom stereocenters. The van der Waals surface area contributed by atoms with Gasteiger partial charge >= 0.3 is 0 Å². The third-order valence-electron chi connectivity index (χ3n) is 6.02. The molecule has 0 aromatic heterocycles. The van der Waals surface area contributed by atoms with Crippen LogP contribution < -0.4 is 10.6 Å². The second-order valence-corrected chi connectivity index (χ2v) is 8.64. The molecule has 3 aromatic rings. The van der Waals surface area contributed by atoms with Crippen LogP contribution in [0.15, 0.2) is 111 Å². The number of benzene rings is 3. The highest BCUT2D eigenvalue weighted by atomic mass is 19.2. The average molecular weight is 579 g/mol. The van der Waals surface area contributed by atoms with E-state index in [0.29, 0.717) is 0 Å². The fourth-order valence-corrected chi connectivity index (χ4v) is 4.06. The number of hydrogen-bond donors (Lipinski definition) is 2. The van der Waals surface area contributed by atoms with Gasteiger partial charge in [0.05, 0.1) is 0 Å². The lowest BCUT2D eigenvalue weighted by molar-refractivity contribution is -0.118. The van der Waals surface area contributed by atoms with Crippen LogP contribution in [0.25, 0.3) is 10.8 Å². The molecular formula is C35H44F2N2O3. The normalized spacial score (nSPS) is 10.7. The van der Waals surface area contributed by atoms with E-state index in [4.69, 9.17) is 0 Å². The number of rotatable bonds is 12. The minimum absolute atomic E-state index is 0. The molecular weight excluding hydrogens is 534 g/mol. The summed E-state index contributed by atoms with van der Waals surface area (Å²) in [5.41, 5.74) is 3.57. The van der Waals surface area contributed by atoms with Crippen LogP contribution in [0.4, 0.5) is 8.78 Å². The maximum absolute atomic E-state index is 14.1. The Morgan fingerprint density at radius 2 is 1.64 bits per heavy atom. The van der Waals surface area contributed by atoms with E-state index in [0.717, 1.165) is 34.5 Å². The Labute approximate surface area is 251 Å². The summed E-state index contributed by atoms with van der Waals surface area (Å²) in [5.74, 6) is -3.73. The largest absolute Gasteiger partial charge is 0.371 e. The van der Waals surface area contributed by atoms with Gasteiger partial charge in [0, 0.05) is 29.4 Å². The second kappa shape index (κ2) is 18.5. The molecule has 0 aliphatic carbocycles. The molecule has 0 heterocycles. The number of hydrogen-bond acceptors (Lipinski definition) is 4. The number of amides is 1. The molecule has 0 saturated carbocycles. The zero-order valence-corrected chi connectivity index (χ0v) is 24.4. The van der Waals surface area contributed by atoms with E-state index in [1.807, 2.05) is 63.2 Å². The predicted octanol–water partition coefficient (Wildman–Crippen LogP) is 8.25. The van der Waals surface area contributed by atoms with Crippen molar-refractivity contribution in [3.8, 4) is 0 Å². The number of carbonyl (C=O) groups is 3. The highest BCUT2D eigenvalue weighted by Crippen LogP contribution is 2.29. The van der Waals surface area contributed by atoms with Crippen molar-refractivity contribution in [2.75, 3.05) is 6.54 Å². The van der Waals surface area contributed by atoms with Crippen LogP contribution in [0.3, 0.4) is 0 Å². The molecule has 0 radical (unpaired) electrons. The number of halogens is 2. The van der Waals surface area contributed by atoms with Gasteiger partial charge in [-0.15, -0.1) is 13.2 Å². The number of ketones is 2. The Bertz CT molecular complexity index is 1500. The average Bonchev–Trinajstić information content (AvgIpc) is 3.02. The summed E-state index contributed by atoms with van der Waals surface area (Å²) in [4.78, 5) is 37.1. The molecule has 226 valence electrons. The Balaban J connectivity index is -0.00000242. The standard InChI is InChI=1S/C31H28F2N2O3.C2H6.C2H4.3H2/c1-4-23(36)12-9-15-34-29(5-2)31(38)35-19-22-17-27(32)28(33)18-26(22)30(37)16-20(3)24-14-8-11-21-10-6-7-13-25(21)24;2*1-2;;;/h4,6-14,17-18,20,34H,1-2,15-16,19H2,3H3,(H,35,38);1-2H3;1-2H2;3*1H/b12-9+;;;;;/t20-;;;;;/m0...../s1. The highest BCUT2D eigenvalue weighted by Gasteiger charge is 2.21. The molecule has 2 N–H and O–H groups in total. The molecule has 1 atom stereocenters. The quantitative estimate of drug-likeness (QED) is 0.0982. The second-order valence-electron chi connectivity index (χ2n) is 8.64. The minimum atomic E-state index is -1.14. The third kappa shape index (κ3) is 9.95. The fraction of sp³-hybridized carbons (Fsp3) is 0.200. The van der Waals surface area contributed by atoms with Gasteiger partial charge in [0.25, 0.3) is 5.91 Å². The molecule has 0 aliphatic rings. The summed E-state index contributed by atoms with van der Waals surface area (Å²) >= 11 is 0. The number of nitrogens with one attached hydrogen (secondary N) is 2. The SMILES string of the molecule is C=C.C=C=C(NC/C=C/C(=O)C=C)C(=O)NCc1cc(F)c(F)cc1C(=O)C[C@H](C)c1cccc2ccccc12.CC.[HH].[HH].[HH]. The lowest BCUT2D eigenvalue weighted by Gasteiger charge is -2.16. The van der Waals surface area contributed by atoms with Gasteiger partial charge in [-0.05, 0) is 52.1 Å². The zero-order chi connectivity index (χ0) is 31.7. The number of Topliss-reactive ketones (excluding diaryl/α,β-unsaturated/α-hetero) is 1. The monoisotopic (exact) mass is 578 g/mol. The van der Waals surface area contributed by atoms with Crippen LogP contribution in [0.5, 0.6) is 0 Å². The molecule has 3 rings (SSSR count). The first-order chi connectivity index (χ1) is 20.2. The van der Waals surface area contributed by atoms with Crippen molar-refractivity contribution in [3.63, 3.8) is 0 Å². The van der Waals surface area contributed by atoms with E-state index in [1.165, 1.54) is 12.2 Å². The molecule has 0 aliphatic heterocycles. The topological polar surface area (TPSA) is 75.3 Å². The van der Waals surface area contributed by atoms with Crippen molar-refractivity contribution in [1.29, 1.82) is 0 Å². The predicted molar refractivity (Wildman–Crippen MR) is 173 cm³/mol. The van der Waals surface area contributed by atoms with Crippen molar-refractivity contribution in [1.82, 2.24) is 10.6 Å². The molecule has 1 amide bonds. The molecule has 0 saturated heterocycles. The third-order valence-corrected chi connectivity index (χ3v) is 6.02. The van der Waals surface area contributed by atoms with Crippen molar-refractivity contribution < 1.29 is 27.4 Å². The van der Waals surface area contributed by atoms with Crippen LogP contribution in [-0.2, 0) is 16.1 Å². The summed E-state index contributed by atoms with van der Waals surface area (Å²) in [6, 6.07) is 15.5. The maximum Gasteiger partial charge on any atom is 0.275 e. The highest BCUT2D eigenvalue weighted by molar-refractivity contribution is 5.99. The van der Waals surface area contributed by atoms with Crippen LogP contribution in [0, 0.1) is 11.6 Å². The first kappa shape index (κ1) is 35.2. The lowest BCUT2D eigenvalue weighted by Crippen LogP contribution is -2.31. The maximum atomic E-state index is 14.1. The molecule has 7 heteroatoms. The van der Waals surface area contributed by atoms with Crippen molar-refractivity contribution in [2.24, 2.45) is 0 Å². The molecule has 0 spiro atoms. The number of allylic oxidation sites excluding steroid dienone is 2. The van der Waals surface area contributed by atoms with E-state index < -0.39 is 17.5 Å². The Morgan fingerprint density at radius 3 is 2.31 bits per heavy atom. The van der Waals surface area contributed by atoms with Gasteiger partial charge in [0.2, 0.25) is 0 Å². The molecule has 5 nitrogen and oxygen atoms in total. The van der Waals surface area contributed by atoms with Gasteiger partial charge in [-0.3, -0.25) is 14.4 Å². The summed E-state index contributed by atoms with van der Waals surface area (Å²) in [5, 5.41) is 7.40. The van der Waals surface area contributed by atoms with E-state index >= 15 is 0 Å². The van der Waals surface area contributed by atoms with Gasteiger partial charge in [0.1, 0.15) is 5.70 Å². The smallest absolute Gasteiger partial charge is 0.275 e. The van der Waals surface area contributed by atoms with Crippen molar-refractivity contribution in [2.45, 2.75) is 39.7 Å². The van der Waals surface area contributed by atoms with Gasteiger partial charge in [-0.25, -0.2) is 8.78 Å². The Morgan fingerprint density at radius 1 is 1.00 bits per heavy atom. The minimum Gasteiger partial charge on any atom is -0.371 e. The van der Waals surface area contributed by atoms with Gasteiger partial charge in [0.15, 0.2) is 23.2 Å². The first-order valence-electron chi connectivity index (χ1n) is 13.5. The summed E-state index contributed by atoms with van der Waals surface area (Å²) in [6.45, 7) is 18.7. The van der Waals surface area contributed by atoms with Crippen LogP contribution in [-0.4, -0.2) is 24.0 Å². The van der Waals surface area contributed by atoms with E-state index in [2.05, 4.69) is 42.7 Å². The van der Waals surface area contributed by atoms with Crippen molar-refractivity contribution >= 4 is 28.2 Å². The van der Waals surface area contributed by atoms with Gasteiger partial charge < -0.3 is 10.6 Å². The first-order valence-corrected chi connectivity index (χ1v) is 13.5. The fourth-order valence-electron chi connectivity index (χ4n) is 4.06. The summed E-state index contributed by atoms with van der Waals surface area (Å²) in [6.07, 6.45) is 4.00. The van der Waals surface area contributed by atoms with Crippen LogP contribution in [0.1, 0.15) is 58.9 Å². The zero-order valence-electron chi connectivity index (χ0n) is 24.4. The molecule has 42 heavy (non-hydrogen) atoms. The molecule has 3 aromatic carbocycles. The van der Waals surface area contributed by atoms with Gasteiger partial charge in [-0.2, -0.15) is 0 Å². The van der Waals surface area contributed by atoms with Crippen LogP contribution >= 0.6 is 0 Å². The Kier molecular flexibility index (Phi) is 15.5. The summed E-state index contributed by atoms with van der Waals surface area (Å²) < 4.78 is 28.2.